The standard InChI is InChI=1S/C8H10N2O3S/c11-7(6-5-12-2-3-13-6)10-8-9-1-4-14-8/h1,4,6H,2-3,5H2,(H,9,10,11). The summed E-state index contributed by atoms with van der Waals surface area (Å²) in [6, 6.07) is 0. The minimum absolute atomic E-state index is 0.195. The number of anilines is 1. The number of hydrogen-bond acceptors (Lipinski definition) is 5. The van der Waals surface area contributed by atoms with Crippen LogP contribution in [0.2, 0.25) is 0 Å². The number of nitrogens with zero attached hydrogens (tertiary/aromatic N) is 1. The average molecular weight is 214 g/mol. The van der Waals surface area contributed by atoms with Gasteiger partial charge >= 0.3 is 0 Å². The van der Waals surface area contributed by atoms with Gasteiger partial charge in [-0.1, -0.05) is 0 Å². The fraction of sp³-hybridized carbons (Fsp3) is 0.500. The van der Waals surface area contributed by atoms with E-state index in [1.165, 1.54) is 11.3 Å². The van der Waals surface area contributed by atoms with Gasteiger partial charge in [0.2, 0.25) is 0 Å². The quantitative estimate of drug-likeness (QED) is 0.778. The van der Waals surface area contributed by atoms with Gasteiger partial charge in [0.25, 0.3) is 5.91 Å². The van der Waals surface area contributed by atoms with Crippen molar-refractivity contribution in [3.05, 3.63) is 11.6 Å². The van der Waals surface area contributed by atoms with Gasteiger partial charge < -0.3 is 9.47 Å². The van der Waals surface area contributed by atoms with E-state index in [1.807, 2.05) is 0 Å². The third kappa shape index (κ3) is 2.28. The van der Waals surface area contributed by atoms with Gasteiger partial charge in [-0.15, -0.1) is 11.3 Å². The molecule has 1 unspecified atom stereocenters. The van der Waals surface area contributed by atoms with E-state index in [1.54, 1.807) is 11.6 Å². The van der Waals surface area contributed by atoms with Gasteiger partial charge in [-0.05, 0) is 0 Å². The maximum Gasteiger partial charge on any atom is 0.257 e. The molecular formula is C8H10N2O3S. The highest BCUT2D eigenvalue weighted by atomic mass is 32.1. The number of ether oxygens (including phenoxy) is 2. The predicted molar refractivity (Wildman–Crippen MR) is 51.3 cm³/mol. The fourth-order valence-electron chi connectivity index (χ4n) is 1.11. The first-order valence-corrected chi connectivity index (χ1v) is 5.14. The third-order valence-electron chi connectivity index (χ3n) is 1.77. The van der Waals surface area contributed by atoms with Crippen LogP contribution in [0.4, 0.5) is 5.13 Å². The molecular weight excluding hydrogens is 204 g/mol. The lowest BCUT2D eigenvalue weighted by atomic mass is 10.3. The minimum atomic E-state index is -0.507. The Balaban J connectivity index is 1.88. The molecule has 0 aromatic carbocycles. The number of aromatic nitrogens is 1. The zero-order chi connectivity index (χ0) is 9.80. The van der Waals surface area contributed by atoms with Crippen molar-refractivity contribution < 1.29 is 14.3 Å². The van der Waals surface area contributed by atoms with Gasteiger partial charge in [-0.2, -0.15) is 0 Å². The molecule has 6 heteroatoms. The highest BCUT2D eigenvalue weighted by molar-refractivity contribution is 7.13. The topological polar surface area (TPSA) is 60.5 Å². The van der Waals surface area contributed by atoms with Crippen LogP contribution in [0.1, 0.15) is 0 Å². The van der Waals surface area contributed by atoms with E-state index in [0.717, 1.165) is 0 Å². The molecule has 0 aliphatic carbocycles. The molecule has 76 valence electrons. The molecule has 14 heavy (non-hydrogen) atoms. The van der Waals surface area contributed by atoms with Gasteiger partial charge in [0.15, 0.2) is 11.2 Å². The number of hydrogen-bond donors (Lipinski definition) is 1. The number of carbonyl (C=O) groups is 1. The predicted octanol–water partition coefficient (Wildman–Crippen LogP) is 0.497. The molecule has 0 radical (unpaired) electrons. The summed E-state index contributed by atoms with van der Waals surface area (Å²) in [4.78, 5) is 15.5. The Morgan fingerprint density at radius 2 is 2.57 bits per heavy atom. The Kier molecular flexibility index (Phi) is 3.07. The number of nitrogens with one attached hydrogen (secondary N) is 1. The summed E-state index contributed by atoms with van der Waals surface area (Å²) < 4.78 is 10.3. The van der Waals surface area contributed by atoms with Crippen molar-refractivity contribution in [1.29, 1.82) is 0 Å². The average Bonchev–Trinajstić information content (AvgIpc) is 2.72. The first-order chi connectivity index (χ1) is 6.86. The van der Waals surface area contributed by atoms with Crippen LogP contribution in [-0.2, 0) is 14.3 Å². The number of thiazole rings is 1. The Labute approximate surface area is 85.0 Å². The number of amides is 1. The lowest BCUT2D eigenvalue weighted by Gasteiger charge is -2.21. The minimum Gasteiger partial charge on any atom is -0.376 e. The molecule has 1 aromatic rings. The van der Waals surface area contributed by atoms with E-state index in [0.29, 0.717) is 25.0 Å². The van der Waals surface area contributed by atoms with Gasteiger partial charge in [0, 0.05) is 11.6 Å². The summed E-state index contributed by atoms with van der Waals surface area (Å²) in [5.74, 6) is -0.195. The molecule has 1 aliphatic rings. The van der Waals surface area contributed by atoms with E-state index in [9.17, 15) is 4.79 Å². The van der Waals surface area contributed by atoms with Crippen molar-refractivity contribution in [2.24, 2.45) is 0 Å². The summed E-state index contributed by atoms with van der Waals surface area (Å²) in [5, 5.41) is 5.04. The fourth-order valence-corrected chi connectivity index (χ4v) is 1.64. The monoisotopic (exact) mass is 214 g/mol. The van der Waals surface area contributed by atoms with Gasteiger partial charge in [0.05, 0.1) is 19.8 Å². The van der Waals surface area contributed by atoms with E-state index >= 15 is 0 Å². The van der Waals surface area contributed by atoms with Crippen molar-refractivity contribution in [1.82, 2.24) is 4.98 Å². The van der Waals surface area contributed by atoms with E-state index in [4.69, 9.17) is 9.47 Å². The van der Waals surface area contributed by atoms with Crippen LogP contribution >= 0.6 is 11.3 Å². The van der Waals surface area contributed by atoms with Gasteiger partial charge in [-0.3, -0.25) is 10.1 Å². The lowest BCUT2D eigenvalue weighted by molar-refractivity contribution is -0.142. The summed E-state index contributed by atoms with van der Waals surface area (Å²) in [5.41, 5.74) is 0. The van der Waals surface area contributed by atoms with Crippen molar-refractivity contribution in [3.8, 4) is 0 Å². The van der Waals surface area contributed by atoms with Crippen molar-refractivity contribution >= 4 is 22.4 Å². The van der Waals surface area contributed by atoms with E-state index in [-0.39, 0.29) is 5.91 Å². The van der Waals surface area contributed by atoms with Crippen LogP contribution in [0.3, 0.4) is 0 Å². The Morgan fingerprint density at radius 3 is 3.21 bits per heavy atom. The second kappa shape index (κ2) is 4.50. The summed E-state index contributed by atoms with van der Waals surface area (Å²) in [7, 11) is 0. The molecule has 1 saturated heterocycles. The summed E-state index contributed by atoms with van der Waals surface area (Å²) >= 11 is 1.38. The first kappa shape index (κ1) is 9.57. The summed E-state index contributed by atoms with van der Waals surface area (Å²) in [6.07, 6.45) is 1.13. The van der Waals surface area contributed by atoms with Crippen LogP contribution in [0.25, 0.3) is 0 Å². The third-order valence-corrected chi connectivity index (χ3v) is 2.46. The Hall–Kier alpha value is -0.980. The maximum atomic E-state index is 11.5. The number of carbonyl (C=O) groups excluding carboxylic acids is 1. The van der Waals surface area contributed by atoms with Gasteiger partial charge in [0.1, 0.15) is 0 Å². The van der Waals surface area contributed by atoms with Gasteiger partial charge in [-0.25, -0.2) is 4.98 Å². The molecule has 2 rings (SSSR count). The van der Waals surface area contributed by atoms with Crippen molar-refractivity contribution in [3.63, 3.8) is 0 Å². The molecule has 1 fully saturated rings. The highest BCUT2D eigenvalue weighted by Gasteiger charge is 2.22. The second-order valence-corrected chi connectivity index (χ2v) is 3.66. The van der Waals surface area contributed by atoms with Crippen LogP contribution in [0.5, 0.6) is 0 Å². The van der Waals surface area contributed by atoms with Crippen molar-refractivity contribution in [2.75, 3.05) is 25.1 Å². The Morgan fingerprint density at radius 1 is 1.64 bits per heavy atom. The normalized spacial score (nSPS) is 21.9. The maximum absolute atomic E-state index is 11.5. The first-order valence-electron chi connectivity index (χ1n) is 4.26. The van der Waals surface area contributed by atoms with Crippen LogP contribution in [-0.4, -0.2) is 36.8 Å². The Bertz CT molecular complexity index is 296. The van der Waals surface area contributed by atoms with Crippen LogP contribution in [0.15, 0.2) is 11.6 Å². The molecule has 1 N–H and O–H groups in total. The van der Waals surface area contributed by atoms with Crippen LogP contribution in [0, 0.1) is 0 Å². The summed E-state index contributed by atoms with van der Waals surface area (Å²) in [6.45, 7) is 1.34. The zero-order valence-corrected chi connectivity index (χ0v) is 8.25. The highest BCUT2D eigenvalue weighted by Crippen LogP contribution is 2.12. The largest absolute Gasteiger partial charge is 0.376 e. The smallest absolute Gasteiger partial charge is 0.257 e. The zero-order valence-electron chi connectivity index (χ0n) is 7.43. The van der Waals surface area contributed by atoms with E-state index in [2.05, 4.69) is 10.3 Å². The van der Waals surface area contributed by atoms with Crippen LogP contribution < -0.4 is 5.32 Å². The number of rotatable bonds is 2. The molecule has 0 spiro atoms. The molecule has 1 amide bonds. The molecule has 0 bridgehead atoms. The molecule has 1 aromatic heterocycles. The lowest BCUT2D eigenvalue weighted by Crippen LogP contribution is -2.39. The SMILES string of the molecule is O=C(Nc1nccs1)C1COCCO1. The van der Waals surface area contributed by atoms with Crippen molar-refractivity contribution in [2.45, 2.75) is 6.10 Å². The molecule has 2 heterocycles. The second-order valence-electron chi connectivity index (χ2n) is 2.76. The molecule has 1 aliphatic heterocycles. The molecule has 5 nitrogen and oxygen atoms in total. The molecule has 0 saturated carbocycles. The molecule has 1 atom stereocenters. The van der Waals surface area contributed by atoms with E-state index < -0.39 is 6.10 Å².